The molecule has 0 spiro atoms. The first-order chi connectivity index (χ1) is 9.79. The van der Waals surface area contributed by atoms with Crippen molar-refractivity contribution in [3.8, 4) is 0 Å². The van der Waals surface area contributed by atoms with Gasteiger partial charge < -0.3 is 0 Å². The minimum Gasteiger partial charge on any atom is -0.274 e. The minimum absolute atomic E-state index is 0.0224. The zero-order valence-corrected chi connectivity index (χ0v) is 11.5. The number of benzene rings is 1. The number of para-hydroxylation sites is 1. The molecule has 0 radical (unpaired) electrons. The number of fused-ring (bicyclic) bond motifs is 4. The third kappa shape index (κ3) is 1.52. The highest BCUT2D eigenvalue weighted by atomic mass is 16.2. The Morgan fingerprint density at radius 1 is 0.800 bits per heavy atom. The summed E-state index contributed by atoms with van der Waals surface area (Å²) in [4.78, 5) is 26.7. The average molecular weight is 269 g/mol. The van der Waals surface area contributed by atoms with E-state index in [-0.39, 0.29) is 23.7 Å². The summed E-state index contributed by atoms with van der Waals surface area (Å²) in [6, 6.07) is 9.39. The van der Waals surface area contributed by atoms with Crippen molar-refractivity contribution in [2.45, 2.75) is 32.1 Å². The predicted octanol–water partition coefficient (Wildman–Crippen LogP) is 3.00. The molecule has 1 aromatic carbocycles. The molecule has 2 saturated carbocycles. The van der Waals surface area contributed by atoms with Gasteiger partial charge in [0.25, 0.3) is 0 Å². The summed E-state index contributed by atoms with van der Waals surface area (Å²) in [6.45, 7) is 0. The minimum atomic E-state index is -0.0224. The second-order valence-electron chi connectivity index (χ2n) is 6.36. The van der Waals surface area contributed by atoms with Crippen LogP contribution in [0.1, 0.15) is 32.1 Å². The zero-order valence-electron chi connectivity index (χ0n) is 11.5. The number of carbonyl (C=O) groups is 2. The van der Waals surface area contributed by atoms with E-state index in [9.17, 15) is 9.59 Å². The van der Waals surface area contributed by atoms with Gasteiger partial charge in [0.15, 0.2) is 0 Å². The fourth-order valence-corrected chi connectivity index (χ4v) is 4.56. The summed E-state index contributed by atoms with van der Waals surface area (Å²) in [7, 11) is 0. The van der Waals surface area contributed by atoms with Crippen LogP contribution in [-0.2, 0) is 9.59 Å². The van der Waals surface area contributed by atoms with Crippen molar-refractivity contribution in [1.29, 1.82) is 0 Å². The van der Waals surface area contributed by atoms with Gasteiger partial charge >= 0.3 is 0 Å². The van der Waals surface area contributed by atoms with Gasteiger partial charge in [0.2, 0.25) is 11.8 Å². The summed E-state index contributed by atoms with van der Waals surface area (Å²) in [5.41, 5.74) is 0.742. The molecular weight excluding hydrogens is 250 g/mol. The third-order valence-electron chi connectivity index (χ3n) is 5.46. The number of imide groups is 1. The van der Waals surface area contributed by atoms with Crippen molar-refractivity contribution in [3.05, 3.63) is 30.3 Å². The van der Waals surface area contributed by atoms with Gasteiger partial charge in [-0.2, -0.15) is 0 Å². The van der Waals surface area contributed by atoms with Crippen LogP contribution < -0.4 is 4.90 Å². The lowest BCUT2D eigenvalue weighted by Gasteiger charge is -2.44. The molecule has 4 rings (SSSR count). The lowest BCUT2D eigenvalue weighted by Crippen LogP contribution is -2.47. The maximum atomic E-state index is 12.7. The summed E-state index contributed by atoms with van der Waals surface area (Å²) in [6.07, 6.45) is 5.96. The van der Waals surface area contributed by atoms with E-state index < -0.39 is 0 Å². The van der Waals surface area contributed by atoms with Gasteiger partial charge in [0.1, 0.15) is 0 Å². The van der Waals surface area contributed by atoms with Crippen LogP contribution in [0.4, 0.5) is 5.69 Å². The van der Waals surface area contributed by atoms with E-state index in [1.165, 1.54) is 24.2 Å². The number of hydrogen-bond acceptors (Lipinski definition) is 2. The maximum absolute atomic E-state index is 12.7. The van der Waals surface area contributed by atoms with Crippen molar-refractivity contribution in [3.63, 3.8) is 0 Å². The predicted molar refractivity (Wildman–Crippen MR) is 76.0 cm³/mol. The molecule has 3 nitrogen and oxygen atoms in total. The molecule has 0 N–H and O–H groups in total. The number of nitrogens with zero attached hydrogens (tertiary/aromatic N) is 1. The highest BCUT2D eigenvalue weighted by Crippen LogP contribution is 2.57. The fourth-order valence-electron chi connectivity index (χ4n) is 4.56. The van der Waals surface area contributed by atoms with Crippen LogP contribution >= 0.6 is 0 Å². The second-order valence-corrected chi connectivity index (χ2v) is 6.36. The van der Waals surface area contributed by atoms with Gasteiger partial charge in [-0.15, -0.1) is 0 Å². The average Bonchev–Trinajstić information content (AvgIpc) is 2.57. The Hall–Kier alpha value is -1.64. The Labute approximate surface area is 119 Å². The van der Waals surface area contributed by atoms with Crippen molar-refractivity contribution >= 4 is 17.5 Å². The molecular formula is C17H19NO2. The van der Waals surface area contributed by atoms with E-state index in [0.717, 1.165) is 18.5 Å². The molecule has 104 valence electrons. The SMILES string of the molecule is O=C1[C@@H]2[C@H]3CCCCC[C@H]3[C@@H]2C(=O)N1c1ccccc1. The molecule has 0 aromatic heterocycles. The van der Waals surface area contributed by atoms with Gasteiger partial charge in [-0.05, 0) is 36.8 Å². The topological polar surface area (TPSA) is 37.4 Å². The van der Waals surface area contributed by atoms with Crippen LogP contribution in [0.25, 0.3) is 0 Å². The Balaban J connectivity index is 1.67. The molecule has 2 aliphatic carbocycles. The van der Waals surface area contributed by atoms with Crippen LogP contribution in [0.15, 0.2) is 30.3 Å². The first-order valence-electron chi connectivity index (χ1n) is 7.72. The maximum Gasteiger partial charge on any atom is 0.237 e. The zero-order chi connectivity index (χ0) is 13.7. The molecule has 0 bridgehead atoms. The molecule has 1 aliphatic heterocycles. The van der Waals surface area contributed by atoms with E-state index in [1.54, 1.807) is 0 Å². The lowest BCUT2D eigenvalue weighted by molar-refractivity contribution is -0.136. The molecule has 4 atom stereocenters. The van der Waals surface area contributed by atoms with Gasteiger partial charge in [-0.3, -0.25) is 14.5 Å². The van der Waals surface area contributed by atoms with Gasteiger partial charge in [-0.1, -0.05) is 37.5 Å². The van der Waals surface area contributed by atoms with Gasteiger partial charge in [-0.25, -0.2) is 0 Å². The highest BCUT2D eigenvalue weighted by molar-refractivity contribution is 6.23. The van der Waals surface area contributed by atoms with E-state index >= 15 is 0 Å². The van der Waals surface area contributed by atoms with E-state index in [1.807, 2.05) is 30.3 Å². The molecule has 1 aromatic rings. The first kappa shape index (κ1) is 12.1. The smallest absolute Gasteiger partial charge is 0.237 e. The van der Waals surface area contributed by atoms with E-state index in [4.69, 9.17) is 0 Å². The largest absolute Gasteiger partial charge is 0.274 e. The van der Waals surface area contributed by atoms with Crippen molar-refractivity contribution in [2.75, 3.05) is 4.90 Å². The van der Waals surface area contributed by atoms with Crippen molar-refractivity contribution < 1.29 is 9.59 Å². The Bertz CT molecular complexity index is 523. The molecule has 3 aliphatic rings. The summed E-state index contributed by atoms with van der Waals surface area (Å²) in [5, 5.41) is 0. The molecule has 1 saturated heterocycles. The second kappa shape index (κ2) is 4.44. The molecule has 2 amide bonds. The summed E-state index contributed by atoms with van der Waals surface area (Å²) in [5.74, 6) is 0.987. The Morgan fingerprint density at radius 2 is 1.35 bits per heavy atom. The van der Waals surface area contributed by atoms with Crippen LogP contribution in [0.5, 0.6) is 0 Å². The molecule has 0 unspecified atom stereocenters. The number of carbonyl (C=O) groups excluding carboxylic acids is 2. The molecule has 20 heavy (non-hydrogen) atoms. The molecule has 3 fully saturated rings. The Kier molecular flexibility index (Phi) is 2.69. The monoisotopic (exact) mass is 269 g/mol. The summed E-state index contributed by atoms with van der Waals surface area (Å²) < 4.78 is 0. The fraction of sp³-hybridized carbons (Fsp3) is 0.529. The Morgan fingerprint density at radius 3 is 1.90 bits per heavy atom. The van der Waals surface area contributed by atoms with Crippen LogP contribution in [0.2, 0.25) is 0 Å². The highest BCUT2D eigenvalue weighted by Gasteiger charge is 2.63. The molecule has 1 heterocycles. The van der Waals surface area contributed by atoms with E-state index in [2.05, 4.69) is 0 Å². The van der Waals surface area contributed by atoms with Crippen LogP contribution in [0.3, 0.4) is 0 Å². The number of hydrogen-bond donors (Lipinski definition) is 0. The number of rotatable bonds is 1. The third-order valence-corrected chi connectivity index (χ3v) is 5.46. The number of amides is 2. The molecule has 3 heteroatoms. The number of anilines is 1. The lowest BCUT2D eigenvalue weighted by atomic mass is 9.56. The van der Waals surface area contributed by atoms with E-state index in [0.29, 0.717) is 11.8 Å². The quantitative estimate of drug-likeness (QED) is 0.735. The standard InChI is InChI=1S/C17H19NO2/c19-16-14-12-9-5-2-6-10-13(12)15(14)17(20)18(16)11-7-3-1-4-8-11/h1,3-4,7-8,12-15H,2,5-6,9-10H2/t12-,13+,14+,15-. The van der Waals surface area contributed by atoms with Crippen molar-refractivity contribution in [1.82, 2.24) is 0 Å². The first-order valence-corrected chi connectivity index (χ1v) is 7.72. The van der Waals surface area contributed by atoms with Gasteiger partial charge in [0.05, 0.1) is 17.5 Å². The normalized spacial score (nSPS) is 36.1. The summed E-state index contributed by atoms with van der Waals surface area (Å²) >= 11 is 0. The van der Waals surface area contributed by atoms with Crippen LogP contribution in [0, 0.1) is 23.7 Å². The van der Waals surface area contributed by atoms with Crippen molar-refractivity contribution in [2.24, 2.45) is 23.7 Å². The van der Waals surface area contributed by atoms with Crippen LogP contribution in [-0.4, -0.2) is 11.8 Å². The van der Waals surface area contributed by atoms with Gasteiger partial charge in [0, 0.05) is 0 Å².